The highest BCUT2D eigenvalue weighted by Crippen LogP contribution is 2.22. The zero-order chi connectivity index (χ0) is 18.8. The van der Waals surface area contributed by atoms with Crippen LogP contribution in [0.3, 0.4) is 0 Å². The number of hydrogen-bond donors (Lipinski definition) is 2. The van der Waals surface area contributed by atoms with Gasteiger partial charge in [-0.3, -0.25) is 19.7 Å². The van der Waals surface area contributed by atoms with Crippen molar-refractivity contribution in [3.05, 3.63) is 87.6 Å². The van der Waals surface area contributed by atoms with Crippen molar-refractivity contribution in [3.8, 4) is 0 Å². The largest absolute Gasteiger partial charge is 0.331 e. The number of anilines is 1. The molecule has 3 heterocycles. The van der Waals surface area contributed by atoms with Crippen molar-refractivity contribution >= 4 is 11.9 Å². The zero-order valence-corrected chi connectivity index (χ0v) is 15.2. The number of nitrogens with zero attached hydrogens (tertiary/aromatic N) is 4. The third-order valence-electron chi connectivity index (χ3n) is 4.36. The number of aryl methyl sites for hydroxylation is 2. The maximum absolute atomic E-state index is 12.6. The fourth-order valence-electron chi connectivity index (χ4n) is 3.00. The van der Waals surface area contributed by atoms with Gasteiger partial charge >= 0.3 is 0 Å². The van der Waals surface area contributed by atoms with Gasteiger partial charge in [0.2, 0.25) is 5.95 Å². The first kappa shape index (κ1) is 17.0. The molecule has 3 aromatic rings. The van der Waals surface area contributed by atoms with Crippen molar-refractivity contribution in [2.75, 3.05) is 5.32 Å². The smallest absolute Gasteiger partial charge is 0.257 e. The molecule has 1 unspecified atom stereocenters. The van der Waals surface area contributed by atoms with Gasteiger partial charge < -0.3 is 5.32 Å². The molecule has 0 aliphatic carbocycles. The summed E-state index contributed by atoms with van der Waals surface area (Å²) in [6.07, 6.45) is 1.36. The lowest BCUT2D eigenvalue weighted by Gasteiger charge is -2.31. The second-order valence-electron chi connectivity index (χ2n) is 6.50. The van der Waals surface area contributed by atoms with Crippen molar-refractivity contribution in [3.63, 3.8) is 0 Å². The Morgan fingerprint density at radius 2 is 1.96 bits per heavy atom. The summed E-state index contributed by atoms with van der Waals surface area (Å²) < 4.78 is 1.61. The van der Waals surface area contributed by atoms with Gasteiger partial charge in [0.15, 0.2) is 5.96 Å². The average Bonchev–Trinajstić information content (AvgIpc) is 2.67. The molecule has 0 radical (unpaired) electrons. The van der Waals surface area contributed by atoms with Crippen LogP contribution in [-0.4, -0.2) is 20.5 Å². The molecule has 0 saturated heterocycles. The van der Waals surface area contributed by atoms with Crippen LogP contribution in [0.2, 0.25) is 0 Å². The average molecular weight is 360 g/mol. The summed E-state index contributed by atoms with van der Waals surface area (Å²) >= 11 is 0. The summed E-state index contributed by atoms with van der Waals surface area (Å²) in [6, 6.07) is 15.3. The number of fused-ring (bicyclic) bond motifs is 1. The van der Waals surface area contributed by atoms with Crippen molar-refractivity contribution < 1.29 is 0 Å². The molecular weight excluding hydrogens is 340 g/mol. The summed E-state index contributed by atoms with van der Waals surface area (Å²) in [6.45, 7) is 4.26. The minimum atomic E-state index is -0.384. The van der Waals surface area contributed by atoms with Gasteiger partial charge in [-0.1, -0.05) is 35.9 Å². The van der Waals surface area contributed by atoms with Crippen LogP contribution in [0.15, 0.2) is 64.5 Å². The van der Waals surface area contributed by atoms with E-state index >= 15 is 0 Å². The van der Waals surface area contributed by atoms with Gasteiger partial charge in [0.1, 0.15) is 6.17 Å². The number of hydrogen-bond acceptors (Lipinski definition) is 4. The Morgan fingerprint density at radius 3 is 2.70 bits per heavy atom. The second kappa shape index (κ2) is 7.03. The first-order valence-corrected chi connectivity index (χ1v) is 8.75. The predicted molar refractivity (Wildman–Crippen MR) is 105 cm³/mol. The molecule has 1 atom stereocenters. The standard InChI is InChI=1S/C20H20N6O/c1-13-6-8-15(9-7-13)18-24-19(22-12-16-5-3-4-10-21-16)25-20-23-14(2)11-17(27)26(18)20/h3-11,18H,12H2,1-2H3,(H2,22,23,24,25). The maximum atomic E-state index is 12.6. The summed E-state index contributed by atoms with van der Waals surface area (Å²) in [5.41, 5.74) is 3.52. The lowest BCUT2D eigenvalue weighted by molar-refractivity contribution is 0.514. The van der Waals surface area contributed by atoms with Crippen molar-refractivity contribution in [1.82, 2.24) is 19.9 Å². The molecule has 0 spiro atoms. The van der Waals surface area contributed by atoms with E-state index in [4.69, 9.17) is 0 Å². The predicted octanol–water partition coefficient (Wildman–Crippen LogP) is 2.37. The molecule has 2 aromatic heterocycles. The van der Waals surface area contributed by atoms with E-state index in [1.807, 2.05) is 49.4 Å². The molecule has 4 rings (SSSR count). The molecule has 27 heavy (non-hydrogen) atoms. The van der Waals surface area contributed by atoms with Gasteiger partial charge in [-0.25, -0.2) is 9.98 Å². The number of pyridine rings is 1. The van der Waals surface area contributed by atoms with Crippen LogP contribution in [-0.2, 0) is 6.54 Å². The molecule has 0 bridgehead atoms. The van der Waals surface area contributed by atoms with Gasteiger partial charge in [-0.15, -0.1) is 0 Å². The van der Waals surface area contributed by atoms with E-state index in [2.05, 4.69) is 25.6 Å². The summed E-state index contributed by atoms with van der Waals surface area (Å²) in [7, 11) is 0. The van der Waals surface area contributed by atoms with Crippen molar-refractivity contribution in [1.29, 1.82) is 0 Å². The van der Waals surface area contributed by atoms with Crippen LogP contribution < -0.4 is 16.2 Å². The number of nitrogens with one attached hydrogen (secondary N) is 2. The maximum Gasteiger partial charge on any atom is 0.257 e. The Kier molecular flexibility index (Phi) is 4.42. The first-order chi connectivity index (χ1) is 13.1. The Labute approximate surface area is 156 Å². The molecule has 7 nitrogen and oxygen atoms in total. The highest BCUT2D eigenvalue weighted by Gasteiger charge is 2.26. The topological polar surface area (TPSA) is 84.2 Å². The molecule has 0 saturated carbocycles. The fraction of sp³-hybridized carbons (Fsp3) is 0.200. The Morgan fingerprint density at radius 1 is 1.15 bits per heavy atom. The lowest BCUT2D eigenvalue weighted by atomic mass is 10.1. The van der Waals surface area contributed by atoms with Crippen molar-refractivity contribution in [2.45, 2.75) is 26.6 Å². The van der Waals surface area contributed by atoms with E-state index in [9.17, 15) is 4.79 Å². The van der Waals surface area contributed by atoms with Crippen LogP contribution in [0.4, 0.5) is 5.95 Å². The minimum Gasteiger partial charge on any atom is -0.331 e. The monoisotopic (exact) mass is 360 g/mol. The fourth-order valence-corrected chi connectivity index (χ4v) is 3.00. The molecule has 1 aliphatic heterocycles. The van der Waals surface area contributed by atoms with Crippen molar-refractivity contribution in [2.24, 2.45) is 4.99 Å². The number of aromatic nitrogens is 3. The molecule has 0 fully saturated rings. The Hall–Kier alpha value is -3.48. The first-order valence-electron chi connectivity index (χ1n) is 8.75. The van der Waals surface area contributed by atoms with E-state index in [0.717, 1.165) is 16.8 Å². The van der Waals surface area contributed by atoms with E-state index in [-0.39, 0.29) is 11.7 Å². The van der Waals surface area contributed by atoms with Gasteiger partial charge in [-0.2, -0.15) is 0 Å². The molecule has 2 N–H and O–H groups in total. The Balaban J connectivity index is 1.74. The zero-order valence-electron chi connectivity index (χ0n) is 15.2. The normalized spacial score (nSPS) is 17.1. The van der Waals surface area contributed by atoms with Gasteiger partial charge in [0.05, 0.1) is 12.2 Å². The molecule has 0 amide bonds. The molecule has 1 aromatic carbocycles. The third-order valence-corrected chi connectivity index (χ3v) is 4.36. The number of benzene rings is 1. The number of aliphatic imine (C=N–C) groups is 1. The Bertz CT molecular complexity index is 1040. The van der Waals surface area contributed by atoms with E-state index in [0.29, 0.717) is 24.1 Å². The summed E-state index contributed by atoms with van der Waals surface area (Å²) in [4.78, 5) is 26.0. The van der Waals surface area contributed by atoms with Gasteiger partial charge in [-0.05, 0) is 31.5 Å². The highest BCUT2D eigenvalue weighted by molar-refractivity contribution is 5.93. The van der Waals surface area contributed by atoms with Crippen LogP contribution in [0.5, 0.6) is 0 Å². The van der Waals surface area contributed by atoms with Crippen LogP contribution in [0, 0.1) is 13.8 Å². The number of guanidine groups is 1. The van der Waals surface area contributed by atoms with Crippen LogP contribution >= 0.6 is 0 Å². The molecule has 7 heteroatoms. The molecule has 136 valence electrons. The van der Waals surface area contributed by atoms with Crippen LogP contribution in [0.25, 0.3) is 0 Å². The summed E-state index contributed by atoms with van der Waals surface area (Å²) in [5, 5.41) is 6.43. The van der Waals surface area contributed by atoms with E-state index < -0.39 is 0 Å². The second-order valence-corrected chi connectivity index (χ2v) is 6.50. The summed E-state index contributed by atoms with van der Waals surface area (Å²) in [5.74, 6) is 1.04. The third kappa shape index (κ3) is 3.57. The molecular formula is C20H20N6O. The number of rotatable bonds is 3. The molecule has 1 aliphatic rings. The minimum absolute atomic E-state index is 0.119. The van der Waals surface area contributed by atoms with Crippen LogP contribution in [0.1, 0.15) is 28.7 Å². The highest BCUT2D eigenvalue weighted by atomic mass is 16.1. The van der Waals surface area contributed by atoms with Gasteiger partial charge in [0.25, 0.3) is 5.56 Å². The quantitative estimate of drug-likeness (QED) is 0.749. The van der Waals surface area contributed by atoms with E-state index in [1.165, 1.54) is 6.07 Å². The van der Waals surface area contributed by atoms with E-state index in [1.54, 1.807) is 17.7 Å². The van der Waals surface area contributed by atoms with Gasteiger partial charge in [0, 0.05) is 18.0 Å². The lowest BCUT2D eigenvalue weighted by Crippen LogP contribution is -2.48. The SMILES string of the molecule is Cc1ccc(C2NC(=NCc3ccccn3)Nc3nc(C)cc(=O)n32)cc1.